The molecular formula is C12H9BrClNO3. The molecular weight excluding hydrogens is 321 g/mol. The van der Waals surface area contributed by atoms with E-state index in [-0.39, 0.29) is 5.69 Å². The number of rotatable bonds is 2. The predicted molar refractivity (Wildman–Crippen MR) is 72.3 cm³/mol. The molecule has 0 N–H and O–H groups in total. The summed E-state index contributed by atoms with van der Waals surface area (Å²) >= 11 is 9.49. The lowest BCUT2D eigenvalue weighted by atomic mass is 10.2. The van der Waals surface area contributed by atoms with Crippen molar-refractivity contribution in [3.8, 4) is 5.75 Å². The standard InChI is InChI=1S/C12H9BrClNO3/c1-17-9-5-8(12(16)18-2)15-11-7(14)4-3-6(13)10(9)11/h3-5H,1-2H3. The molecule has 0 saturated heterocycles. The fourth-order valence-corrected chi connectivity index (χ4v) is 2.32. The van der Waals surface area contributed by atoms with Crippen molar-refractivity contribution in [2.45, 2.75) is 0 Å². The van der Waals surface area contributed by atoms with Crippen LogP contribution in [0.4, 0.5) is 0 Å². The summed E-state index contributed by atoms with van der Waals surface area (Å²) in [6.45, 7) is 0. The number of esters is 1. The van der Waals surface area contributed by atoms with Crippen LogP contribution in [-0.4, -0.2) is 25.2 Å². The van der Waals surface area contributed by atoms with Crippen molar-refractivity contribution in [2.75, 3.05) is 14.2 Å². The SMILES string of the molecule is COC(=O)c1cc(OC)c2c(Br)ccc(Cl)c2n1. The van der Waals surface area contributed by atoms with Gasteiger partial charge in [0.05, 0.1) is 30.1 Å². The molecule has 0 aliphatic carbocycles. The zero-order valence-corrected chi connectivity index (χ0v) is 12.0. The molecule has 1 aromatic carbocycles. The normalized spacial score (nSPS) is 10.4. The minimum absolute atomic E-state index is 0.154. The van der Waals surface area contributed by atoms with Crippen molar-refractivity contribution in [1.82, 2.24) is 4.98 Å². The van der Waals surface area contributed by atoms with Crippen LogP contribution in [0.3, 0.4) is 0 Å². The lowest BCUT2D eigenvalue weighted by Gasteiger charge is -2.10. The number of carbonyl (C=O) groups excluding carboxylic acids is 1. The molecule has 0 saturated carbocycles. The van der Waals surface area contributed by atoms with Gasteiger partial charge in [-0.05, 0) is 28.1 Å². The molecule has 0 radical (unpaired) electrons. The maximum Gasteiger partial charge on any atom is 0.356 e. The van der Waals surface area contributed by atoms with Crippen molar-refractivity contribution < 1.29 is 14.3 Å². The third kappa shape index (κ3) is 2.15. The Morgan fingerprint density at radius 3 is 2.72 bits per heavy atom. The Balaban J connectivity index is 2.83. The molecule has 0 aliphatic rings. The van der Waals surface area contributed by atoms with E-state index in [0.29, 0.717) is 16.3 Å². The highest BCUT2D eigenvalue weighted by molar-refractivity contribution is 9.10. The molecule has 18 heavy (non-hydrogen) atoms. The van der Waals surface area contributed by atoms with E-state index in [4.69, 9.17) is 16.3 Å². The number of carbonyl (C=O) groups is 1. The summed E-state index contributed by atoms with van der Waals surface area (Å²) < 4.78 is 10.7. The summed E-state index contributed by atoms with van der Waals surface area (Å²) in [4.78, 5) is 15.7. The maximum absolute atomic E-state index is 11.5. The summed E-state index contributed by atoms with van der Waals surface area (Å²) in [5.74, 6) is -0.0268. The van der Waals surface area contributed by atoms with Gasteiger partial charge in [-0.3, -0.25) is 0 Å². The third-order valence-corrected chi connectivity index (χ3v) is 3.40. The quantitative estimate of drug-likeness (QED) is 0.791. The fraction of sp³-hybridized carbons (Fsp3) is 0.167. The second-order valence-corrected chi connectivity index (χ2v) is 4.72. The number of pyridine rings is 1. The van der Waals surface area contributed by atoms with Crippen LogP contribution in [0.15, 0.2) is 22.7 Å². The Kier molecular flexibility index (Phi) is 3.73. The molecule has 0 bridgehead atoms. The van der Waals surface area contributed by atoms with Gasteiger partial charge in [-0.2, -0.15) is 0 Å². The van der Waals surface area contributed by atoms with E-state index in [1.165, 1.54) is 20.3 Å². The van der Waals surface area contributed by atoms with Gasteiger partial charge in [0, 0.05) is 10.5 Å². The van der Waals surface area contributed by atoms with Gasteiger partial charge in [0.25, 0.3) is 0 Å². The second-order valence-electron chi connectivity index (χ2n) is 3.45. The monoisotopic (exact) mass is 329 g/mol. The molecule has 94 valence electrons. The van der Waals surface area contributed by atoms with Gasteiger partial charge in [0.2, 0.25) is 0 Å². The van der Waals surface area contributed by atoms with Crippen molar-refractivity contribution in [1.29, 1.82) is 0 Å². The number of halogens is 2. The van der Waals surface area contributed by atoms with Gasteiger partial charge in [-0.1, -0.05) is 11.6 Å². The smallest absolute Gasteiger partial charge is 0.356 e. The Bertz CT molecular complexity index is 630. The number of hydrogen-bond donors (Lipinski definition) is 0. The van der Waals surface area contributed by atoms with Crippen molar-refractivity contribution in [2.24, 2.45) is 0 Å². The van der Waals surface area contributed by atoms with Gasteiger partial charge in [-0.15, -0.1) is 0 Å². The number of methoxy groups -OCH3 is 2. The zero-order valence-electron chi connectivity index (χ0n) is 9.66. The Morgan fingerprint density at radius 1 is 1.39 bits per heavy atom. The largest absolute Gasteiger partial charge is 0.496 e. The molecule has 0 amide bonds. The minimum atomic E-state index is -0.536. The van der Waals surface area contributed by atoms with Gasteiger partial charge >= 0.3 is 5.97 Å². The number of fused-ring (bicyclic) bond motifs is 1. The van der Waals surface area contributed by atoms with Gasteiger partial charge in [0.1, 0.15) is 5.75 Å². The third-order valence-electron chi connectivity index (χ3n) is 2.44. The average Bonchev–Trinajstić information content (AvgIpc) is 2.40. The number of ether oxygens (including phenoxy) is 2. The first kappa shape index (κ1) is 13.1. The van der Waals surface area contributed by atoms with Crippen LogP contribution in [0.5, 0.6) is 5.75 Å². The van der Waals surface area contributed by atoms with Crippen LogP contribution >= 0.6 is 27.5 Å². The summed E-state index contributed by atoms with van der Waals surface area (Å²) in [5.41, 5.74) is 0.646. The number of hydrogen-bond acceptors (Lipinski definition) is 4. The van der Waals surface area contributed by atoms with E-state index in [1.54, 1.807) is 12.1 Å². The first-order chi connectivity index (χ1) is 8.58. The van der Waals surface area contributed by atoms with E-state index < -0.39 is 5.97 Å². The number of aromatic nitrogens is 1. The van der Waals surface area contributed by atoms with Crippen molar-refractivity contribution in [3.63, 3.8) is 0 Å². The molecule has 0 unspecified atom stereocenters. The molecule has 0 atom stereocenters. The number of benzene rings is 1. The fourth-order valence-electron chi connectivity index (χ4n) is 1.60. The lowest BCUT2D eigenvalue weighted by molar-refractivity contribution is 0.0594. The molecule has 0 fully saturated rings. The van der Waals surface area contributed by atoms with Crippen LogP contribution in [0, 0.1) is 0 Å². The Morgan fingerprint density at radius 2 is 2.11 bits per heavy atom. The van der Waals surface area contributed by atoms with E-state index in [9.17, 15) is 4.79 Å². The highest BCUT2D eigenvalue weighted by atomic mass is 79.9. The van der Waals surface area contributed by atoms with Crippen LogP contribution < -0.4 is 4.74 Å². The average molecular weight is 331 g/mol. The van der Waals surface area contributed by atoms with E-state index in [1.807, 2.05) is 0 Å². The van der Waals surface area contributed by atoms with E-state index in [0.717, 1.165) is 9.86 Å². The van der Waals surface area contributed by atoms with E-state index in [2.05, 4.69) is 25.7 Å². The van der Waals surface area contributed by atoms with Gasteiger partial charge < -0.3 is 9.47 Å². The van der Waals surface area contributed by atoms with Crippen LogP contribution in [-0.2, 0) is 4.74 Å². The van der Waals surface area contributed by atoms with Gasteiger partial charge in [0.15, 0.2) is 5.69 Å². The molecule has 4 nitrogen and oxygen atoms in total. The molecule has 1 heterocycles. The first-order valence-electron chi connectivity index (χ1n) is 4.99. The van der Waals surface area contributed by atoms with Crippen LogP contribution in [0.1, 0.15) is 10.5 Å². The van der Waals surface area contributed by atoms with Crippen molar-refractivity contribution in [3.05, 3.63) is 33.4 Å². The van der Waals surface area contributed by atoms with Crippen LogP contribution in [0.2, 0.25) is 5.02 Å². The predicted octanol–water partition coefficient (Wildman–Crippen LogP) is 3.45. The van der Waals surface area contributed by atoms with Gasteiger partial charge in [-0.25, -0.2) is 9.78 Å². The molecule has 1 aromatic heterocycles. The summed E-state index contributed by atoms with van der Waals surface area (Å²) in [6.07, 6.45) is 0. The molecule has 6 heteroatoms. The first-order valence-corrected chi connectivity index (χ1v) is 6.16. The summed E-state index contributed by atoms with van der Waals surface area (Å²) in [7, 11) is 2.81. The highest BCUT2D eigenvalue weighted by Gasteiger charge is 2.16. The molecule has 0 aliphatic heterocycles. The maximum atomic E-state index is 11.5. The highest BCUT2D eigenvalue weighted by Crippen LogP contribution is 2.35. The Labute approximate surface area is 117 Å². The molecule has 2 aromatic rings. The lowest BCUT2D eigenvalue weighted by Crippen LogP contribution is -2.05. The summed E-state index contributed by atoms with van der Waals surface area (Å²) in [5, 5.41) is 1.16. The number of nitrogens with zero attached hydrogens (tertiary/aromatic N) is 1. The topological polar surface area (TPSA) is 48.4 Å². The molecule has 2 rings (SSSR count). The van der Waals surface area contributed by atoms with E-state index >= 15 is 0 Å². The second kappa shape index (κ2) is 5.12. The summed E-state index contributed by atoms with van der Waals surface area (Å²) in [6, 6.07) is 5.02. The van der Waals surface area contributed by atoms with Crippen molar-refractivity contribution >= 4 is 44.4 Å². The zero-order chi connectivity index (χ0) is 13.3. The minimum Gasteiger partial charge on any atom is -0.496 e. The van der Waals surface area contributed by atoms with Crippen LogP contribution in [0.25, 0.3) is 10.9 Å². The molecule has 0 spiro atoms. The Hall–Kier alpha value is -1.33.